The lowest BCUT2D eigenvalue weighted by atomic mass is 10.2. The zero-order valence-electron chi connectivity index (χ0n) is 9.74. The molecule has 0 amide bonds. The topological polar surface area (TPSA) is 110 Å². The molecule has 19 heavy (non-hydrogen) atoms. The molecule has 0 saturated heterocycles. The molecule has 2 aromatic rings. The highest BCUT2D eigenvalue weighted by Crippen LogP contribution is 2.14. The van der Waals surface area contributed by atoms with Gasteiger partial charge in [-0.1, -0.05) is 23.9 Å². The highest BCUT2D eigenvalue weighted by atomic mass is 32.2. The molecule has 1 heterocycles. The van der Waals surface area contributed by atoms with Crippen molar-refractivity contribution in [3.05, 3.63) is 29.8 Å². The molecular weight excluding hydrogens is 264 g/mol. The number of nitriles is 1. The molecule has 2 rings (SSSR count). The summed E-state index contributed by atoms with van der Waals surface area (Å²) in [5.74, 6) is 0.807. The molecule has 0 bridgehead atoms. The Balaban J connectivity index is 1.94. The highest BCUT2D eigenvalue weighted by molar-refractivity contribution is 7.99. The van der Waals surface area contributed by atoms with E-state index in [9.17, 15) is 5.11 Å². The van der Waals surface area contributed by atoms with Gasteiger partial charge in [-0.15, -0.1) is 5.10 Å². The summed E-state index contributed by atoms with van der Waals surface area (Å²) in [6, 6.07) is 8.82. The van der Waals surface area contributed by atoms with Gasteiger partial charge in [0.05, 0.1) is 18.0 Å². The molecule has 1 aromatic carbocycles. The van der Waals surface area contributed by atoms with Crippen LogP contribution in [0.2, 0.25) is 0 Å². The Morgan fingerprint density at radius 3 is 3.16 bits per heavy atom. The molecule has 0 atom stereocenters. The molecule has 0 unspecified atom stereocenters. The Kier molecular flexibility index (Phi) is 4.36. The van der Waals surface area contributed by atoms with Crippen LogP contribution < -0.4 is 5.43 Å². The maximum atomic E-state index is 9.52. The van der Waals surface area contributed by atoms with Gasteiger partial charge in [0, 0.05) is 5.56 Å². The number of aromatic nitrogens is 3. The van der Waals surface area contributed by atoms with Crippen molar-refractivity contribution in [1.29, 1.82) is 5.26 Å². The van der Waals surface area contributed by atoms with Crippen LogP contribution in [0.25, 0.3) is 0 Å². The Labute approximate surface area is 113 Å². The van der Waals surface area contributed by atoms with Gasteiger partial charge < -0.3 is 5.11 Å². The fourth-order valence-electron chi connectivity index (χ4n) is 1.22. The van der Waals surface area contributed by atoms with Crippen LogP contribution in [0.15, 0.2) is 34.5 Å². The number of nitrogens with one attached hydrogen (secondary N) is 2. The third-order valence-electron chi connectivity index (χ3n) is 2.04. The first-order chi connectivity index (χ1) is 9.29. The number of phenolic OH excluding ortho intramolecular Hbond substituents is 1. The zero-order valence-corrected chi connectivity index (χ0v) is 10.6. The minimum Gasteiger partial charge on any atom is -0.507 e. The quantitative estimate of drug-likeness (QED) is 0.433. The number of aromatic hydroxyl groups is 1. The molecule has 0 aliphatic heterocycles. The number of para-hydroxylation sites is 1. The van der Waals surface area contributed by atoms with Crippen molar-refractivity contribution in [3.8, 4) is 11.8 Å². The van der Waals surface area contributed by atoms with E-state index in [1.54, 1.807) is 24.3 Å². The normalized spacial score (nSPS) is 10.5. The SMILES string of the molecule is N#CCSc1n[nH]c(N/N=C/c2ccccc2O)n1. The number of hydrogen-bond donors (Lipinski definition) is 3. The van der Waals surface area contributed by atoms with Gasteiger partial charge in [-0.05, 0) is 12.1 Å². The van der Waals surface area contributed by atoms with E-state index < -0.39 is 0 Å². The molecule has 96 valence electrons. The maximum Gasteiger partial charge on any atom is 0.240 e. The van der Waals surface area contributed by atoms with Crippen molar-refractivity contribution in [1.82, 2.24) is 15.2 Å². The lowest BCUT2D eigenvalue weighted by molar-refractivity contribution is 0.474. The number of rotatable bonds is 5. The Bertz CT molecular complexity index is 618. The second kappa shape index (κ2) is 6.42. The van der Waals surface area contributed by atoms with E-state index in [1.807, 2.05) is 6.07 Å². The van der Waals surface area contributed by atoms with Crippen LogP contribution in [0.1, 0.15) is 5.56 Å². The van der Waals surface area contributed by atoms with Crippen LogP contribution in [0, 0.1) is 11.3 Å². The predicted molar refractivity (Wildman–Crippen MR) is 72.0 cm³/mol. The van der Waals surface area contributed by atoms with Crippen LogP contribution in [-0.4, -0.2) is 32.3 Å². The number of hydrogen-bond acceptors (Lipinski definition) is 7. The van der Waals surface area contributed by atoms with Gasteiger partial charge >= 0.3 is 0 Å². The predicted octanol–water partition coefficient (Wildman–Crippen LogP) is 1.57. The number of thioether (sulfide) groups is 1. The lowest BCUT2D eigenvalue weighted by Gasteiger charge is -1.96. The van der Waals surface area contributed by atoms with E-state index in [0.717, 1.165) is 0 Å². The van der Waals surface area contributed by atoms with E-state index in [1.165, 1.54) is 18.0 Å². The first-order valence-corrected chi connectivity index (χ1v) is 6.27. The third-order valence-corrected chi connectivity index (χ3v) is 2.76. The van der Waals surface area contributed by atoms with Gasteiger partial charge in [-0.3, -0.25) is 0 Å². The van der Waals surface area contributed by atoms with Crippen molar-refractivity contribution < 1.29 is 5.11 Å². The standard InChI is InChI=1S/C11H10N6OS/c12-5-6-19-11-14-10(16-17-11)15-13-7-8-3-1-2-4-9(8)18/h1-4,7,18H,6H2,(H2,14,15,16,17)/b13-7+. The molecule has 0 fully saturated rings. The van der Waals surface area contributed by atoms with E-state index in [2.05, 4.69) is 25.7 Å². The molecule has 1 aromatic heterocycles. The number of anilines is 1. The molecule has 0 radical (unpaired) electrons. The minimum absolute atomic E-state index is 0.149. The number of hydrazone groups is 1. The number of nitrogens with zero attached hydrogens (tertiary/aromatic N) is 4. The second-order valence-electron chi connectivity index (χ2n) is 3.34. The van der Waals surface area contributed by atoms with Crippen LogP contribution in [-0.2, 0) is 0 Å². The van der Waals surface area contributed by atoms with E-state index >= 15 is 0 Å². The number of H-pyrrole nitrogens is 1. The van der Waals surface area contributed by atoms with E-state index in [0.29, 0.717) is 22.4 Å². The molecule has 7 nitrogen and oxygen atoms in total. The second-order valence-corrected chi connectivity index (χ2v) is 4.28. The summed E-state index contributed by atoms with van der Waals surface area (Å²) < 4.78 is 0. The fraction of sp³-hybridized carbons (Fsp3) is 0.0909. The zero-order chi connectivity index (χ0) is 13.5. The molecular formula is C11H10N6OS. The monoisotopic (exact) mass is 274 g/mol. The molecule has 3 N–H and O–H groups in total. The molecule has 0 aliphatic rings. The van der Waals surface area contributed by atoms with E-state index in [4.69, 9.17) is 5.26 Å². The summed E-state index contributed by atoms with van der Waals surface area (Å²) in [5.41, 5.74) is 3.24. The summed E-state index contributed by atoms with van der Waals surface area (Å²) >= 11 is 1.23. The van der Waals surface area contributed by atoms with Crippen LogP contribution in [0.3, 0.4) is 0 Å². The van der Waals surface area contributed by atoms with Gasteiger partial charge in [-0.25, -0.2) is 10.5 Å². The Morgan fingerprint density at radius 2 is 2.37 bits per heavy atom. The Morgan fingerprint density at radius 1 is 1.53 bits per heavy atom. The average molecular weight is 274 g/mol. The van der Waals surface area contributed by atoms with Gasteiger partial charge in [0.15, 0.2) is 0 Å². The van der Waals surface area contributed by atoms with Gasteiger partial charge in [0.2, 0.25) is 11.1 Å². The number of aromatic amines is 1. The van der Waals surface area contributed by atoms with Crippen LogP contribution >= 0.6 is 11.8 Å². The smallest absolute Gasteiger partial charge is 0.240 e. The Hall–Kier alpha value is -2.53. The molecule has 0 saturated carbocycles. The van der Waals surface area contributed by atoms with Crippen molar-refractivity contribution >= 4 is 23.9 Å². The number of benzene rings is 1. The third kappa shape index (κ3) is 3.72. The van der Waals surface area contributed by atoms with Gasteiger partial charge in [-0.2, -0.15) is 15.3 Å². The molecule has 8 heteroatoms. The molecule has 0 spiro atoms. The van der Waals surface area contributed by atoms with Crippen LogP contribution in [0.5, 0.6) is 5.75 Å². The average Bonchev–Trinajstić information content (AvgIpc) is 2.86. The minimum atomic E-state index is 0.149. The summed E-state index contributed by atoms with van der Waals surface area (Å²) in [4.78, 5) is 4.06. The summed E-state index contributed by atoms with van der Waals surface area (Å²) in [6.07, 6.45) is 1.47. The maximum absolute atomic E-state index is 9.52. The van der Waals surface area contributed by atoms with Crippen molar-refractivity contribution in [3.63, 3.8) is 0 Å². The van der Waals surface area contributed by atoms with Crippen molar-refractivity contribution in [2.45, 2.75) is 5.16 Å². The fourth-order valence-corrected chi connectivity index (χ4v) is 1.68. The van der Waals surface area contributed by atoms with Gasteiger partial charge in [0.25, 0.3) is 0 Å². The van der Waals surface area contributed by atoms with Crippen LogP contribution in [0.4, 0.5) is 5.95 Å². The highest BCUT2D eigenvalue weighted by Gasteiger charge is 2.02. The van der Waals surface area contributed by atoms with E-state index in [-0.39, 0.29) is 5.75 Å². The van der Waals surface area contributed by atoms with Crippen molar-refractivity contribution in [2.75, 3.05) is 11.2 Å². The van der Waals surface area contributed by atoms with Crippen molar-refractivity contribution in [2.24, 2.45) is 5.10 Å². The molecule has 0 aliphatic carbocycles. The summed E-state index contributed by atoms with van der Waals surface area (Å²) in [6.45, 7) is 0. The summed E-state index contributed by atoms with van der Waals surface area (Å²) in [5, 5.41) is 28.9. The number of phenols is 1. The first kappa shape index (κ1) is 12.9. The lowest BCUT2D eigenvalue weighted by Crippen LogP contribution is -1.92. The summed E-state index contributed by atoms with van der Waals surface area (Å²) in [7, 11) is 0. The van der Waals surface area contributed by atoms with Gasteiger partial charge in [0.1, 0.15) is 5.75 Å². The first-order valence-electron chi connectivity index (χ1n) is 5.29. The largest absolute Gasteiger partial charge is 0.507 e.